The zero-order valence-electron chi connectivity index (χ0n) is 18.2. The molecule has 0 aromatic carbocycles. The molecule has 3 heterocycles. The molecule has 0 spiro atoms. The molecule has 0 saturated heterocycles. The lowest BCUT2D eigenvalue weighted by atomic mass is 9.89. The average Bonchev–Trinajstić information content (AvgIpc) is 3.44. The lowest BCUT2D eigenvalue weighted by molar-refractivity contribution is -0.118. The SMILES string of the molecule is CCOC(=O)c1c(NC(=O)COc2ncnc3sc4c(c23)CC[C@H](C)C4)sc2c1CCC2. The molecule has 32 heavy (non-hydrogen) atoms. The van der Waals surface area contributed by atoms with Crippen LogP contribution in [0.25, 0.3) is 10.2 Å². The molecule has 3 aromatic heterocycles. The van der Waals surface area contributed by atoms with Crippen molar-refractivity contribution in [1.82, 2.24) is 9.97 Å². The molecule has 0 bridgehead atoms. The van der Waals surface area contributed by atoms with Gasteiger partial charge in [0.05, 0.1) is 17.6 Å². The van der Waals surface area contributed by atoms with Crippen molar-refractivity contribution in [2.75, 3.05) is 18.5 Å². The number of esters is 1. The van der Waals surface area contributed by atoms with Crippen LogP contribution in [0.2, 0.25) is 0 Å². The summed E-state index contributed by atoms with van der Waals surface area (Å²) in [7, 11) is 0. The summed E-state index contributed by atoms with van der Waals surface area (Å²) in [6, 6.07) is 0. The third-order valence-electron chi connectivity index (χ3n) is 6.05. The number of hydrogen-bond donors (Lipinski definition) is 1. The molecule has 3 aromatic rings. The molecular formula is C23H25N3O4S2. The van der Waals surface area contributed by atoms with Crippen LogP contribution >= 0.6 is 22.7 Å². The molecule has 1 N–H and O–H groups in total. The van der Waals surface area contributed by atoms with Gasteiger partial charge >= 0.3 is 5.97 Å². The molecule has 168 valence electrons. The molecule has 1 amide bonds. The van der Waals surface area contributed by atoms with Crippen LogP contribution in [0.15, 0.2) is 6.33 Å². The molecule has 2 aliphatic carbocycles. The lowest BCUT2D eigenvalue weighted by Crippen LogP contribution is -2.21. The largest absolute Gasteiger partial charge is 0.467 e. The number of nitrogens with zero attached hydrogens (tertiary/aromatic N) is 2. The number of hydrogen-bond acceptors (Lipinski definition) is 8. The van der Waals surface area contributed by atoms with Crippen molar-refractivity contribution in [2.24, 2.45) is 5.92 Å². The van der Waals surface area contributed by atoms with E-state index in [1.54, 1.807) is 18.3 Å². The highest BCUT2D eigenvalue weighted by molar-refractivity contribution is 7.19. The van der Waals surface area contributed by atoms with Gasteiger partial charge in [-0.1, -0.05) is 6.92 Å². The molecule has 0 aliphatic heterocycles. The molecule has 0 saturated carbocycles. The lowest BCUT2D eigenvalue weighted by Gasteiger charge is -2.18. The normalized spacial score (nSPS) is 17.1. The number of carbonyl (C=O) groups is 2. The van der Waals surface area contributed by atoms with E-state index in [1.165, 1.54) is 28.1 Å². The first-order valence-corrected chi connectivity index (χ1v) is 12.7. The third-order valence-corrected chi connectivity index (χ3v) is 8.42. The topological polar surface area (TPSA) is 90.4 Å². The molecule has 0 radical (unpaired) electrons. The maximum atomic E-state index is 12.7. The fourth-order valence-electron chi connectivity index (χ4n) is 4.56. The van der Waals surface area contributed by atoms with Gasteiger partial charge in [-0.2, -0.15) is 0 Å². The van der Waals surface area contributed by atoms with Crippen LogP contribution in [0.1, 0.15) is 57.9 Å². The van der Waals surface area contributed by atoms with Gasteiger partial charge in [-0.05, 0) is 62.5 Å². The maximum Gasteiger partial charge on any atom is 0.341 e. The number of thiophene rings is 2. The predicted octanol–water partition coefficient (Wildman–Crippen LogP) is 4.56. The Morgan fingerprint density at radius 1 is 1.16 bits per heavy atom. The molecular weight excluding hydrogens is 446 g/mol. The first kappa shape index (κ1) is 21.3. The van der Waals surface area contributed by atoms with Crippen molar-refractivity contribution < 1.29 is 19.1 Å². The van der Waals surface area contributed by atoms with Crippen molar-refractivity contribution >= 4 is 49.8 Å². The van der Waals surface area contributed by atoms with Gasteiger partial charge in [0.2, 0.25) is 5.88 Å². The molecule has 7 nitrogen and oxygen atoms in total. The number of nitrogens with one attached hydrogen (secondary N) is 1. The summed E-state index contributed by atoms with van der Waals surface area (Å²) < 4.78 is 11.1. The van der Waals surface area contributed by atoms with E-state index in [2.05, 4.69) is 22.2 Å². The van der Waals surface area contributed by atoms with Gasteiger partial charge in [0, 0.05) is 9.75 Å². The van der Waals surface area contributed by atoms with Crippen LogP contribution in [-0.2, 0) is 35.2 Å². The Kier molecular flexibility index (Phi) is 5.86. The number of fused-ring (bicyclic) bond motifs is 4. The monoisotopic (exact) mass is 471 g/mol. The highest BCUT2D eigenvalue weighted by Gasteiger charge is 2.29. The molecule has 2 aliphatic rings. The van der Waals surface area contributed by atoms with Crippen LogP contribution in [0, 0.1) is 5.92 Å². The van der Waals surface area contributed by atoms with Crippen LogP contribution in [0.4, 0.5) is 5.00 Å². The number of anilines is 1. The Morgan fingerprint density at radius 2 is 2.03 bits per heavy atom. The van der Waals surface area contributed by atoms with Gasteiger partial charge in [0.15, 0.2) is 6.61 Å². The zero-order valence-corrected chi connectivity index (χ0v) is 19.8. The van der Waals surface area contributed by atoms with E-state index in [9.17, 15) is 9.59 Å². The molecule has 1 atom stereocenters. The number of aromatic nitrogens is 2. The number of ether oxygens (including phenoxy) is 2. The van der Waals surface area contributed by atoms with Gasteiger partial charge in [-0.25, -0.2) is 14.8 Å². The maximum absolute atomic E-state index is 12.7. The van der Waals surface area contributed by atoms with E-state index in [4.69, 9.17) is 9.47 Å². The molecule has 5 rings (SSSR count). The van der Waals surface area contributed by atoms with Crippen molar-refractivity contribution in [3.8, 4) is 5.88 Å². The fourth-order valence-corrected chi connectivity index (χ4v) is 7.20. The van der Waals surface area contributed by atoms with Crippen LogP contribution in [0.5, 0.6) is 5.88 Å². The summed E-state index contributed by atoms with van der Waals surface area (Å²) in [5.41, 5.74) is 2.78. The summed E-state index contributed by atoms with van der Waals surface area (Å²) in [6.45, 7) is 4.17. The second-order valence-electron chi connectivity index (χ2n) is 8.33. The summed E-state index contributed by atoms with van der Waals surface area (Å²) >= 11 is 3.16. The minimum Gasteiger partial charge on any atom is -0.467 e. The minimum absolute atomic E-state index is 0.183. The first-order chi connectivity index (χ1) is 15.5. The first-order valence-electron chi connectivity index (χ1n) is 11.0. The predicted molar refractivity (Wildman–Crippen MR) is 125 cm³/mol. The van der Waals surface area contributed by atoms with E-state index >= 15 is 0 Å². The summed E-state index contributed by atoms with van der Waals surface area (Å²) in [5, 5.41) is 4.36. The zero-order chi connectivity index (χ0) is 22.2. The van der Waals surface area contributed by atoms with Crippen molar-refractivity contribution in [2.45, 2.75) is 52.4 Å². The minimum atomic E-state index is -0.375. The van der Waals surface area contributed by atoms with Gasteiger partial charge in [0.25, 0.3) is 5.91 Å². The number of carbonyl (C=O) groups excluding carboxylic acids is 2. The Labute approximate surface area is 194 Å². The number of amides is 1. The van der Waals surface area contributed by atoms with Crippen LogP contribution in [0.3, 0.4) is 0 Å². The Morgan fingerprint density at radius 3 is 2.88 bits per heavy atom. The van der Waals surface area contributed by atoms with Crippen LogP contribution in [-0.4, -0.2) is 35.1 Å². The van der Waals surface area contributed by atoms with E-state index in [-0.39, 0.29) is 18.5 Å². The summed E-state index contributed by atoms with van der Waals surface area (Å²) in [5.74, 6) is 0.427. The molecule has 0 fully saturated rings. The second kappa shape index (κ2) is 8.78. The highest BCUT2D eigenvalue weighted by atomic mass is 32.1. The number of rotatable bonds is 6. The van der Waals surface area contributed by atoms with Crippen LogP contribution < -0.4 is 10.1 Å². The van der Waals surface area contributed by atoms with E-state index in [1.807, 2.05) is 0 Å². The van der Waals surface area contributed by atoms with Crippen molar-refractivity contribution in [1.29, 1.82) is 0 Å². The van der Waals surface area contributed by atoms with Gasteiger partial charge < -0.3 is 14.8 Å². The fraction of sp³-hybridized carbons (Fsp3) is 0.478. The van der Waals surface area contributed by atoms with Gasteiger partial charge in [-0.3, -0.25) is 4.79 Å². The van der Waals surface area contributed by atoms with Gasteiger partial charge in [-0.15, -0.1) is 22.7 Å². The Hall–Kier alpha value is -2.52. The molecule has 0 unspecified atom stereocenters. The smallest absolute Gasteiger partial charge is 0.341 e. The molecule has 9 heteroatoms. The summed E-state index contributed by atoms with van der Waals surface area (Å²) in [6.07, 6.45) is 7.45. The standard InChI is InChI=1S/C23H25N3O4S2/c1-3-29-23(28)19-13-5-4-6-15(13)31-22(19)26-17(27)10-30-20-18-14-8-7-12(2)9-16(14)32-21(18)25-11-24-20/h11-12H,3-10H2,1-2H3,(H,26,27)/t12-/m0/s1. The Bertz CT molecular complexity index is 1200. The van der Waals surface area contributed by atoms with E-state index in [0.29, 0.717) is 29.0 Å². The quantitative estimate of drug-likeness (QED) is 0.530. The van der Waals surface area contributed by atoms with E-state index < -0.39 is 0 Å². The second-order valence-corrected chi connectivity index (χ2v) is 10.5. The number of aryl methyl sites for hydroxylation is 2. The summed E-state index contributed by atoms with van der Waals surface area (Å²) in [4.78, 5) is 37.4. The van der Waals surface area contributed by atoms with Gasteiger partial charge in [0.1, 0.15) is 16.2 Å². The van der Waals surface area contributed by atoms with E-state index in [0.717, 1.165) is 59.2 Å². The van der Waals surface area contributed by atoms with Crippen molar-refractivity contribution in [3.05, 3.63) is 32.8 Å². The average molecular weight is 472 g/mol. The highest BCUT2D eigenvalue weighted by Crippen LogP contribution is 2.41. The Balaban J connectivity index is 1.33. The third kappa shape index (κ3) is 3.88. The van der Waals surface area contributed by atoms with Crippen molar-refractivity contribution in [3.63, 3.8) is 0 Å².